The summed E-state index contributed by atoms with van der Waals surface area (Å²) in [5, 5.41) is 13.6. The fourth-order valence-corrected chi connectivity index (χ4v) is 0. The summed E-state index contributed by atoms with van der Waals surface area (Å²) < 4.78 is 0. The number of nitrogens with zero attached hydrogens (tertiary/aromatic N) is 1. The first-order valence-corrected chi connectivity index (χ1v) is 1.00. The smallest absolute Gasteiger partial charge is 1.00 e. The Morgan fingerprint density at radius 1 is 1.67 bits per heavy atom. The summed E-state index contributed by atoms with van der Waals surface area (Å²) in [6, 6.07) is 0. The van der Waals surface area contributed by atoms with Crippen molar-refractivity contribution in [3.63, 3.8) is 0 Å². The van der Waals surface area contributed by atoms with Crippen molar-refractivity contribution in [2.24, 2.45) is 0 Å². The van der Waals surface area contributed by atoms with Crippen molar-refractivity contribution >= 4 is 5.97 Å². The molecule has 0 aromatic carbocycles. The largest absolute Gasteiger partial charge is 2.00 e. The van der Waals surface area contributed by atoms with Crippen LogP contribution in [0, 0.1) is 18.8 Å². The predicted molar refractivity (Wildman–Crippen MR) is 19.1 cm³/mol. The van der Waals surface area contributed by atoms with Gasteiger partial charge in [0.15, 0.2) is 5.97 Å². The van der Waals surface area contributed by atoms with Crippen LogP contribution in [0.3, 0.4) is 0 Å². The molecule has 0 unspecified atom stereocenters. The van der Waals surface area contributed by atoms with E-state index in [1.165, 1.54) is 0 Å². The molecule has 0 atom stereocenters. The Morgan fingerprint density at radius 3 is 1.67 bits per heavy atom. The van der Waals surface area contributed by atoms with Crippen molar-refractivity contribution in [1.82, 2.24) is 0 Å². The third kappa shape index (κ3) is 215. The SMILES string of the molecule is [C-]#N.[CH2-]C(=O)O.[Fe+2].[H-].[K+].[Zn]. The van der Waals surface area contributed by atoms with Crippen LogP contribution in [0.25, 0.3) is 0 Å². The monoisotopic (exact) mass is 245 g/mol. The second kappa shape index (κ2) is 33.5. The average molecular weight is 246 g/mol. The fraction of sp³-hybridized carbons (Fsp3) is 0. The molecule has 0 amide bonds. The van der Waals surface area contributed by atoms with E-state index in [0.717, 1.165) is 0 Å². The van der Waals surface area contributed by atoms with Crippen molar-refractivity contribution < 1.29 is 99.3 Å². The van der Waals surface area contributed by atoms with Gasteiger partial charge in [0.05, 0.1) is 0 Å². The average Bonchev–Trinajstić information content (AvgIpc) is 1.41. The van der Waals surface area contributed by atoms with Gasteiger partial charge in [0.1, 0.15) is 0 Å². The minimum atomic E-state index is -1.08. The number of rotatable bonds is 0. The van der Waals surface area contributed by atoms with Gasteiger partial charge in [0, 0.05) is 19.5 Å². The Bertz CT molecular complexity index is 70.8. The maximum atomic E-state index is 8.89. The van der Waals surface area contributed by atoms with Crippen LogP contribution in [0.2, 0.25) is 0 Å². The number of carboxylic acids is 1. The summed E-state index contributed by atoms with van der Waals surface area (Å²) in [6.07, 6.45) is 0. The first-order valence-electron chi connectivity index (χ1n) is 1.00. The van der Waals surface area contributed by atoms with Crippen LogP contribution in [0.5, 0.6) is 0 Å². The Hall–Kier alpha value is 1.61. The normalized spacial score (nSPS) is 2.89. The Morgan fingerprint density at radius 2 is 1.67 bits per heavy atom. The molecular formula is C3H4FeKNO2Zn. The van der Waals surface area contributed by atoms with Gasteiger partial charge in [-0.25, -0.2) is 0 Å². The van der Waals surface area contributed by atoms with Gasteiger partial charge in [-0.3, -0.25) is 11.7 Å². The van der Waals surface area contributed by atoms with Crippen molar-refractivity contribution in [1.29, 1.82) is 5.26 Å². The van der Waals surface area contributed by atoms with E-state index in [-0.39, 0.29) is 89.4 Å². The van der Waals surface area contributed by atoms with E-state index in [0.29, 0.717) is 0 Å². The minimum Gasteiger partial charge on any atom is -1.00 e. The molecule has 3 nitrogen and oxygen atoms in total. The molecule has 1 N–H and O–H groups in total. The standard InChI is InChI=1S/C2H3O2.CN.Fe.K.Zn.H/c1-2(3)4;1-2;;;;/h1H2,(H,3,4);;;;;/q2*-1;+2;+1;;-1. The van der Waals surface area contributed by atoms with E-state index in [4.69, 9.17) is 21.7 Å². The van der Waals surface area contributed by atoms with Crippen molar-refractivity contribution in [3.05, 3.63) is 13.5 Å². The molecule has 0 aliphatic heterocycles. The molecule has 0 radical (unpaired) electrons. The summed E-state index contributed by atoms with van der Waals surface area (Å²) in [5.74, 6) is -1.08. The van der Waals surface area contributed by atoms with Gasteiger partial charge in [0.25, 0.3) is 0 Å². The molecule has 9 heavy (non-hydrogen) atoms. The van der Waals surface area contributed by atoms with E-state index in [9.17, 15) is 0 Å². The summed E-state index contributed by atoms with van der Waals surface area (Å²) in [7, 11) is 0. The maximum Gasteiger partial charge on any atom is 2.00 e. The summed E-state index contributed by atoms with van der Waals surface area (Å²) in [6.45, 7) is 7.31. The molecule has 0 aliphatic rings. The Balaban J connectivity index is -0.00000000625. The molecule has 0 heterocycles. The van der Waals surface area contributed by atoms with Gasteiger partial charge in [-0.15, -0.1) is 0 Å². The predicted octanol–water partition coefficient (Wildman–Crippen LogP) is -2.89. The van der Waals surface area contributed by atoms with E-state index < -0.39 is 5.97 Å². The maximum absolute atomic E-state index is 8.89. The van der Waals surface area contributed by atoms with Crippen molar-refractivity contribution in [3.8, 4) is 0 Å². The minimum absolute atomic E-state index is 0. The van der Waals surface area contributed by atoms with Crippen LogP contribution in [-0.2, 0) is 41.3 Å². The van der Waals surface area contributed by atoms with Crippen LogP contribution in [0.1, 0.15) is 1.43 Å². The number of carbonyl (C=O) groups is 1. The van der Waals surface area contributed by atoms with E-state index in [2.05, 4.69) is 6.92 Å². The van der Waals surface area contributed by atoms with Crippen LogP contribution in [0.4, 0.5) is 0 Å². The van der Waals surface area contributed by atoms with E-state index in [1.807, 2.05) is 0 Å². The molecule has 0 saturated heterocycles. The molecule has 0 bridgehead atoms. The number of hydrogen-bond donors (Lipinski definition) is 1. The zero-order valence-corrected chi connectivity index (χ0v) is 12.3. The van der Waals surface area contributed by atoms with Gasteiger partial charge in [-0.05, 0) is 0 Å². The molecule has 0 aromatic heterocycles. The second-order valence-electron chi connectivity index (χ2n) is 0.394. The third-order valence-corrected chi connectivity index (χ3v) is 0. The molecule has 0 saturated carbocycles. The number of carboxylic acid groups (broad SMARTS) is 1. The molecule has 44 valence electrons. The fourth-order valence-electron chi connectivity index (χ4n) is 0. The van der Waals surface area contributed by atoms with Gasteiger partial charge in [-0.1, -0.05) is 0 Å². The molecular weight excluding hydrogens is 242 g/mol. The first-order chi connectivity index (χ1) is 2.73. The van der Waals surface area contributed by atoms with Crippen molar-refractivity contribution in [2.75, 3.05) is 0 Å². The Kier molecular flexibility index (Phi) is 116. The van der Waals surface area contributed by atoms with Crippen LogP contribution >= 0.6 is 0 Å². The number of aliphatic carboxylic acids is 1. The zero-order valence-electron chi connectivity index (χ0n) is 6.07. The van der Waals surface area contributed by atoms with Gasteiger partial charge in [-0.2, -0.15) is 0 Å². The topological polar surface area (TPSA) is 61.1 Å². The van der Waals surface area contributed by atoms with Crippen molar-refractivity contribution in [2.45, 2.75) is 0 Å². The van der Waals surface area contributed by atoms with Crippen LogP contribution in [0.15, 0.2) is 0 Å². The second-order valence-corrected chi connectivity index (χ2v) is 0.394. The van der Waals surface area contributed by atoms with E-state index >= 15 is 0 Å². The van der Waals surface area contributed by atoms with Gasteiger partial charge < -0.3 is 18.4 Å². The summed E-state index contributed by atoms with van der Waals surface area (Å²) in [4.78, 5) is 8.89. The number of hydrogen-bond acceptors (Lipinski definition) is 2. The van der Waals surface area contributed by atoms with Gasteiger partial charge in [0.2, 0.25) is 0 Å². The van der Waals surface area contributed by atoms with Crippen LogP contribution < -0.4 is 51.4 Å². The molecule has 0 aromatic rings. The molecule has 0 rings (SSSR count). The molecule has 6 heteroatoms. The first kappa shape index (κ1) is 31.1. The quantitative estimate of drug-likeness (QED) is 0.369. The Labute approximate surface area is 122 Å². The van der Waals surface area contributed by atoms with Crippen LogP contribution in [-0.4, -0.2) is 11.1 Å². The summed E-state index contributed by atoms with van der Waals surface area (Å²) >= 11 is 0. The van der Waals surface area contributed by atoms with Gasteiger partial charge >= 0.3 is 68.5 Å². The summed E-state index contributed by atoms with van der Waals surface area (Å²) in [5.41, 5.74) is 0. The molecule has 0 aliphatic carbocycles. The molecule has 0 fully saturated rings. The van der Waals surface area contributed by atoms with E-state index in [1.54, 1.807) is 0 Å². The molecule has 0 spiro atoms. The zero-order chi connectivity index (χ0) is 5.58. The third-order valence-electron chi connectivity index (χ3n) is 0.